The highest BCUT2D eigenvalue weighted by Gasteiger charge is 2.11. The second-order valence-corrected chi connectivity index (χ2v) is 7.06. The van der Waals surface area contributed by atoms with Gasteiger partial charge in [-0.3, -0.25) is 4.79 Å². The summed E-state index contributed by atoms with van der Waals surface area (Å²) in [6.45, 7) is 9.34. The summed E-state index contributed by atoms with van der Waals surface area (Å²) >= 11 is 0. The van der Waals surface area contributed by atoms with Crippen LogP contribution in [-0.2, 0) is 4.79 Å². The van der Waals surface area contributed by atoms with E-state index in [0.29, 0.717) is 17.7 Å². The number of nitrogens with one attached hydrogen (secondary N) is 1. The molecule has 1 amide bonds. The van der Waals surface area contributed by atoms with Crippen LogP contribution >= 0.6 is 0 Å². The van der Waals surface area contributed by atoms with Gasteiger partial charge in [-0.2, -0.15) is 0 Å². The monoisotopic (exact) mass is 385 g/mol. The number of nitrogens with zero attached hydrogens (tertiary/aromatic N) is 2. The summed E-state index contributed by atoms with van der Waals surface area (Å²) in [6, 6.07) is 5.91. The van der Waals surface area contributed by atoms with Gasteiger partial charge in [-0.25, -0.2) is 4.79 Å². The van der Waals surface area contributed by atoms with Crippen molar-refractivity contribution in [3.63, 3.8) is 0 Å². The van der Waals surface area contributed by atoms with E-state index in [1.165, 1.54) is 6.08 Å². The van der Waals surface area contributed by atoms with Crippen molar-refractivity contribution in [2.24, 2.45) is 0 Å². The third kappa shape index (κ3) is 5.45. The molecule has 0 atom stereocenters. The van der Waals surface area contributed by atoms with E-state index >= 15 is 0 Å². The molecule has 28 heavy (non-hydrogen) atoms. The molecule has 2 rings (SSSR count). The molecule has 1 aromatic heterocycles. The molecule has 0 fully saturated rings. The third-order valence-corrected chi connectivity index (χ3v) is 4.81. The Morgan fingerprint density at radius 3 is 2.57 bits per heavy atom. The number of carbonyl (C=O) groups excluding carboxylic acids is 1. The highest BCUT2D eigenvalue weighted by Crippen LogP contribution is 2.25. The van der Waals surface area contributed by atoms with Gasteiger partial charge in [0, 0.05) is 42.9 Å². The number of fused-ring (bicyclic) bond motifs is 1. The maximum absolute atomic E-state index is 12.5. The quantitative estimate of drug-likeness (QED) is 0.408. The minimum atomic E-state index is -0.432. The zero-order chi connectivity index (χ0) is 20.7. The molecular formula is C22H31N3O3. The number of anilines is 1. The predicted octanol–water partition coefficient (Wildman–Crippen LogP) is 3.03. The number of amides is 1. The molecule has 0 aliphatic carbocycles. The van der Waals surface area contributed by atoms with Crippen LogP contribution in [0.2, 0.25) is 0 Å². The second kappa shape index (κ2) is 10.1. The SMILES string of the molecule is CCN(CC)c1ccc2c(C)c(C=CC(=O)NCCCN(C)C)c(=O)oc2c1. The van der Waals surface area contributed by atoms with E-state index in [2.05, 4.69) is 29.0 Å². The number of carbonyl (C=O) groups is 1. The summed E-state index contributed by atoms with van der Waals surface area (Å²) in [4.78, 5) is 28.7. The van der Waals surface area contributed by atoms with Gasteiger partial charge in [0.15, 0.2) is 0 Å². The van der Waals surface area contributed by atoms with Gasteiger partial charge in [0.1, 0.15) is 5.58 Å². The molecule has 1 N–H and O–H groups in total. The van der Waals surface area contributed by atoms with Crippen molar-refractivity contribution >= 4 is 28.6 Å². The van der Waals surface area contributed by atoms with Crippen LogP contribution in [0, 0.1) is 6.92 Å². The van der Waals surface area contributed by atoms with Crippen molar-refractivity contribution in [1.82, 2.24) is 10.2 Å². The fourth-order valence-electron chi connectivity index (χ4n) is 3.16. The summed E-state index contributed by atoms with van der Waals surface area (Å²) in [5.41, 5.74) is 2.39. The molecule has 0 bridgehead atoms. The Morgan fingerprint density at radius 1 is 1.21 bits per heavy atom. The van der Waals surface area contributed by atoms with E-state index in [1.54, 1.807) is 6.08 Å². The second-order valence-electron chi connectivity index (χ2n) is 7.06. The molecule has 6 heteroatoms. The van der Waals surface area contributed by atoms with E-state index in [-0.39, 0.29) is 5.91 Å². The Bertz CT molecular complexity index is 896. The number of benzene rings is 1. The fourth-order valence-corrected chi connectivity index (χ4v) is 3.16. The summed E-state index contributed by atoms with van der Waals surface area (Å²) in [7, 11) is 3.99. The van der Waals surface area contributed by atoms with Gasteiger partial charge in [-0.05, 0) is 71.6 Å². The first-order valence-corrected chi connectivity index (χ1v) is 9.80. The van der Waals surface area contributed by atoms with E-state index in [9.17, 15) is 9.59 Å². The minimum absolute atomic E-state index is 0.213. The molecule has 0 aliphatic heterocycles. The van der Waals surface area contributed by atoms with Gasteiger partial charge < -0.3 is 19.5 Å². The van der Waals surface area contributed by atoms with Crippen LogP contribution in [0.5, 0.6) is 0 Å². The highest BCUT2D eigenvalue weighted by atomic mass is 16.4. The molecule has 0 spiro atoms. The number of rotatable bonds is 9. The van der Waals surface area contributed by atoms with E-state index in [1.807, 2.05) is 39.2 Å². The lowest BCUT2D eigenvalue weighted by Gasteiger charge is -2.21. The molecule has 2 aromatic rings. The molecule has 0 saturated carbocycles. The van der Waals surface area contributed by atoms with Crippen LogP contribution in [0.15, 0.2) is 33.5 Å². The Morgan fingerprint density at radius 2 is 1.93 bits per heavy atom. The molecule has 0 radical (unpaired) electrons. The smallest absolute Gasteiger partial charge is 0.343 e. The standard InChI is InChI=1S/C22H31N3O3/c1-6-25(7-2)17-9-10-18-16(3)19(22(27)28-20(18)15-17)11-12-21(26)23-13-8-14-24(4)5/h9-12,15H,6-8,13-14H2,1-5H3,(H,23,26). The average Bonchev–Trinajstić information content (AvgIpc) is 2.65. The largest absolute Gasteiger partial charge is 0.422 e. The minimum Gasteiger partial charge on any atom is -0.422 e. The maximum Gasteiger partial charge on any atom is 0.343 e. The van der Waals surface area contributed by atoms with Crippen molar-refractivity contribution in [3.8, 4) is 0 Å². The lowest BCUT2D eigenvalue weighted by Crippen LogP contribution is -2.25. The van der Waals surface area contributed by atoms with Crippen molar-refractivity contribution in [2.75, 3.05) is 45.2 Å². The van der Waals surface area contributed by atoms with Gasteiger partial charge in [0.2, 0.25) is 5.91 Å². The molecule has 1 aromatic carbocycles. The molecule has 0 saturated heterocycles. The van der Waals surface area contributed by atoms with Crippen LogP contribution in [0.25, 0.3) is 17.0 Å². The Hall–Kier alpha value is -2.60. The first-order chi connectivity index (χ1) is 13.4. The lowest BCUT2D eigenvalue weighted by atomic mass is 10.0. The van der Waals surface area contributed by atoms with Crippen LogP contribution in [0.1, 0.15) is 31.4 Å². The van der Waals surface area contributed by atoms with Crippen LogP contribution in [0.3, 0.4) is 0 Å². The molecule has 0 unspecified atom stereocenters. The average molecular weight is 386 g/mol. The summed E-state index contributed by atoms with van der Waals surface area (Å²) in [5, 5.41) is 3.70. The highest BCUT2D eigenvalue weighted by molar-refractivity contribution is 5.93. The van der Waals surface area contributed by atoms with Gasteiger partial charge in [-0.1, -0.05) is 0 Å². The van der Waals surface area contributed by atoms with Crippen molar-refractivity contribution in [2.45, 2.75) is 27.2 Å². The van der Waals surface area contributed by atoms with Gasteiger partial charge >= 0.3 is 5.63 Å². The normalized spacial score (nSPS) is 11.5. The van der Waals surface area contributed by atoms with Crippen LogP contribution in [-0.4, -0.2) is 51.1 Å². The summed E-state index contributed by atoms with van der Waals surface area (Å²) < 4.78 is 5.54. The zero-order valence-electron chi connectivity index (χ0n) is 17.5. The Labute approximate surface area is 166 Å². The molecule has 0 aliphatic rings. The lowest BCUT2D eigenvalue weighted by molar-refractivity contribution is -0.116. The van der Waals surface area contributed by atoms with Crippen LogP contribution < -0.4 is 15.8 Å². The topological polar surface area (TPSA) is 65.8 Å². The Kier molecular flexibility index (Phi) is 7.81. The van der Waals surface area contributed by atoms with E-state index < -0.39 is 5.63 Å². The van der Waals surface area contributed by atoms with E-state index in [4.69, 9.17) is 4.42 Å². The maximum atomic E-state index is 12.5. The third-order valence-electron chi connectivity index (χ3n) is 4.81. The van der Waals surface area contributed by atoms with Gasteiger partial charge in [0.25, 0.3) is 0 Å². The van der Waals surface area contributed by atoms with E-state index in [0.717, 1.165) is 42.7 Å². The number of hydrogen-bond donors (Lipinski definition) is 1. The number of hydrogen-bond acceptors (Lipinski definition) is 5. The molecular weight excluding hydrogens is 354 g/mol. The Balaban J connectivity index is 2.20. The summed E-state index contributed by atoms with van der Waals surface area (Å²) in [5.74, 6) is -0.213. The van der Waals surface area contributed by atoms with Crippen molar-refractivity contribution < 1.29 is 9.21 Å². The summed E-state index contributed by atoms with van der Waals surface area (Å²) in [6.07, 6.45) is 3.81. The van der Waals surface area contributed by atoms with Gasteiger partial charge in [0.05, 0.1) is 5.56 Å². The van der Waals surface area contributed by atoms with Crippen molar-refractivity contribution in [1.29, 1.82) is 0 Å². The molecule has 152 valence electrons. The number of aryl methyl sites for hydroxylation is 1. The fraction of sp³-hybridized carbons (Fsp3) is 0.455. The zero-order valence-corrected chi connectivity index (χ0v) is 17.5. The van der Waals surface area contributed by atoms with Crippen molar-refractivity contribution in [3.05, 3.63) is 45.8 Å². The first-order valence-electron chi connectivity index (χ1n) is 9.80. The van der Waals surface area contributed by atoms with Gasteiger partial charge in [-0.15, -0.1) is 0 Å². The molecule has 1 heterocycles. The van der Waals surface area contributed by atoms with Crippen LogP contribution in [0.4, 0.5) is 5.69 Å². The molecule has 6 nitrogen and oxygen atoms in total. The first kappa shape index (κ1) is 21.7. The predicted molar refractivity (Wildman–Crippen MR) is 116 cm³/mol.